The second-order valence-electron chi connectivity index (χ2n) is 7.55. The summed E-state index contributed by atoms with van der Waals surface area (Å²) in [5, 5.41) is 2.44. The number of anilines is 2. The van der Waals surface area contributed by atoms with Crippen molar-refractivity contribution in [3.63, 3.8) is 0 Å². The number of nitrogens with one attached hydrogen (secondary N) is 1. The van der Waals surface area contributed by atoms with Crippen LogP contribution in [0.4, 0.5) is 15.8 Å². The summed E-state index contributed by atoms with van der Waals surface area (Å²) in [6, 6.07) is 13.0. The largest absolute Gasteiger partial charge is 0.493 e. The quantitative estimate of drug-likeness (QED) is 0.467. The van der Waals surface area contributed by atoms with Gasteiger partial charge in [-0.3, -0.25) is 9.10 Å². The van der Waals surface area contributed by atoms with Crippen LogP contribution in [0.3, 0.4) is 0 Å². The van der Waals surface area contributed by atoms with Gasteiger partial charge >= 0.3 is 0 Å². The lowest BCUT2D eigenvalue weighted by molar-refractivity contribution is -0.114. The molecule has 0 aromatic heterocycles. The molecule has 0 unspecified atom stereocenters. The van der Waals surface area contributed by atoms with Gasteiger partial charge in [0.05, 0.1) is 29.8 Å². The summed E-state index contributed by atoms with van der Waals surface area (Å²) in [6.07, 6.45) is 0. The minimum Gasteiger partial charge on any atom is -0.493 e. The topological polar surface area (TPSA) is 84.9 Å². The molecule has 3 aromatic carbocycles. The maximum absolute atomic E-state index is 13.8. The van der Waals surface area contributed by atoms with Crippen LogP contribution in [0.2, 0.25) is 5.02 Å². The van der Waals surface area contributed by atoms with Crippen molar-refractivity contribution in [1.82, 2.24) is 0 Å². The second-order valence-corrected chi connectivity index (χ2v) is 9.82. The number of hydrogen-bond acceptors (Lipinski definition) is 5. The summed E-state index contributed by atoms with van der Waals surface area (Å²) in [5.41, 5.74) is 2.44. The molecule has 7 nitrogen and oxygen atoms in total. The van der Waals surface area contributed by atoms with E-state index < -0.39 is 28.3 Å². The Morgan fingerprint density at radius 3 is 2.21 bits per heavy atom. The van der Waals surface area contributed by atoms with E-state index in [0.717, 1.165) is 27.6 Å². The molecule has 3 aromatic rings. The van der Waals surface area contributed by atoms with E-state index in [-0.39, 0.29) is 21.4 Å². The lowest BCUT2D eigenvalue weighted by Gasteiger charge is -2.25. The van der Waals surface area contributed by atoms with Crippen LogP contribution in [-0.2, 0) is 14.8 Å². The number of benzene rings is 3. The molecule has 0 saturated carbocycles. The van der Waals surface area contributed by atoms with Crippen molar-refractivity contribution in [2.75, 3.05) is 30.4 Å². The number of aryl methyl sites for hydroxylation is 2. The minimum atomic E-state index is -4.29. The van der Waals surface area contributed by atoms with Crippen LogP contribution < -0.4 is 19.1 Å². The molecule has 0 bridgehead atoms. The van der Waals surface area contributed by atoms with Gasteiger partial charge in [-0.2, -0.15) is 0 Å². The fraction of sp³-hybridized carbons (Fsp3) is 0.208. The average molecular weight is 507 g/mol. The van der Waals surface area contributed by atoms with E-state index in [1.54, 1.807) is 12.1 Å². The highest BCUT2D eigenvalue weighted by atomic mass is 35.5. The first-order valence-corrected chi connectivity index (χ1v) is 11.9. The maximum atomic E-state index is 13.8. The Balaban J connectivity index is 2.03. The molecule has 0 spiro atoms. The number of rotatable bonds is 8. The predicted octanol–water partition coefficient (Wildman–Crippen LogP) is 4.95. The first-order valence-electron chi connectivity index (χ1n) is 10.1. The van der Waals surface area contributed by atoms with Gasteiger partial charge in [-0.1, -0.05) is 17.7 Å². The van der Waals surface area contributed by atoms with Crippen LogP contribution in [0.15, 0.2) is 59.5 Å². The van der Waals surface area contributed by atoms with Crippen LogP contribution in [0.25, 0.3) is 0 Å². The molecule has 34 heavy (non-hydrogen) atoms. The number of carbonyl (C=O) groups excluding carboxylic acids is 1. The highest BCUT2D eigenvalue weighted by molar-refractivity contribution is 7.92. The Labute approximate surface area is 203 Å². The minimum absolute atomic E-state index is 0.0248. The standard InChI is InChI=1S/C24H24ClFN2O5S/c1-15-9-16(2)11-17(10-15)27-24(29)14-28(18-5-7-21(26)20(25)12-18)34(30,31)19-6-8-22(32-3)23(13-19)33-4/h5-13H,14H2,1-4H3,(H,27,29). The first kappa shape index (κ1) is 25.3. The van der Waals surface area contributed by atoms with E-state index in [9.17, 15) is 17.6 Å². The maximum Gasteiger partial charge on any atom is 0.264 e. The van der Waals surface area contributed by atoms with Crippen molar-refractivity contribution in [2.24, 2.45) is 0 Å². The Morgan fingerprint density at radius 1 is 0.971 bits per heavy atom. The Morgan fingerprint density at radius 2 is 1.62 bits per heavy atom. The van der Waals surface area contributed by atoms with Crippen LogP contribution >= 0.6 is 11.6 Å². The van der Waals surface area contributed by atoms with E-state index in [1.807, 2.05) is 19.9 Å². The second kappa shape index (κ2) is 10.3. The summed E-state index contributed by atoms with van der Waals surface area (Å²) in [6.45, 7) is 3.19. The van der Waals surface area contributed by atoms with E-state index in [2.05, 4.69) is 5.32 Å². The first-order chi connectivity index (χ1) is 16.0. The lowest BCUT2D eigenvalue weighted by atomic mass is 10.1. The molecule has 180 valence electrons. The van der Waals surface area contributed by atoms with Gasteiger partial charge < -0.3 is 14.8 Å². The molecule has 0 aliphatic heterocycles. The summed E-state index contributed by atoms with van der Waals surface area (Å²) in [7, 11) is -1.48. The number of amides is 1. The normalized spacial score (nSPS) is 11.1. The van der Waals surface area contributed by atoms with Crippen LogP contribution in [0.1, 0.15) is 11.1 Å². The summed E-state index contributed by atoms with van der Waals surface area (Å²) in [5.74, 6) is -0.770. The predicted molar refractivity (Wildman–Crippen MR) is 130 cm³/mol. The molecule has 3 rings (SSSR count). The van der Waals surface area contributed by atoms with Gasteiger partial charge in [0.2, 0.25) is 5.91 Å². The molecule has 1 N–H and O–H groups in total. The van der Waals surface area contributed by atoms with Crippen molar-refractivity contribution in [3.8, 4) is 11.5 Å². The van der Waals surface area contributed by atoms with Crippen LogP contribution in [0, 0.1) is 19.7 Å². The summed E-state index contributed by atoms with van der Waals surface area (Å²) >= 11 is 5.91. The molecule has 0 atom stereocenters. The Hall–Kier alpha value is -3.30. The van der Waals surface area contributed by atoms with Crippen molar-refractivity contribution >= 4 is 38.9 Å². The fourth-order valence-corrected chi connectivity index (χ4v) is 5.04. The zero-order valence-electron chi connectivity index (χ0n) is 19.1. The van der Waals surface area contributed by atoms with Gasteiger partial charge in [-0.25, -0.2) is 12.8 Å². The molecule has 0 aliphatic carbocycles. The lowest BCUT2D eigenvalue weighted by Crippen LogP contribution is -2.38. The van der Waals surface area contributed by atoms with Crippen molar-refractivity contribution in [3.05, 3.63) is 76.6 Å². The number of methoxy groups -OCH3 is 2. The third-order valence-electron chi connectivity index (χ3n) is 4.93. The molecular weight excluding hydrogens is 483 g/mol. The molecule has 0 aliphatic rings. The van der Waals surface area contributed by atoms with Crippen molar-refractivity contribution in [2.45, 2.75) is 18.7 Å². The highest BCUT2D eigenvalue weighted by Crippen LogP contribution is 2.33. The number of nitrogens with zero attached hydrogens (tertiary/aromatic N) is 1. The number of sulfonamides is 1. The molecular formula is C24H24ClFN2O5S. The average Bonchev–Trinajstić information content (AvgIpc) is 2.78. The fourth-order valence-electron chi connectivity index (χ4n) is 3.44. The zero-order valence-corrected chi connectivity index (χ0v) is 20.6. The molecule has 1 amide bonds. The Kier molecular flexibility index (Phi) is 7.68. The van der Waals surface area contributed by atoms with E-state index in [1.165, 1.54) is 38.5 Å². The van der Waals surface area contributed by atoms with Gasteiger partial charge in [-0.15, -0.1) is 0 Å². The molecule has 0 radical (unpaired) electrons. The van der Waals surface area contributed by atoms with Gasteiger partial charge in [0.15, 0.2) is 11.5 Å². The van der Waals surface area contributed by atoms with Crippen LogP contribution in [-0.4, -0.2) is 35.1 Å². The van der Waals surface area contributed by atoms with E-state index >= 15 is 0 Å². The number of ether oxygens (including phenoxy) is 2. The van der Waals surface area contributed by atoms with Crippen LogP contribution in [0.5, 0.6) is 11.5 Å². The molecule has 10 heteroatoms. The van der Waals surface area contributed by atoms with Gasteiger partial charge in [0, 0.05) is 11.8 Å². The van der Waals surface area contributed by atoms with E-state index in [0.29, 0.717) is 11.4 Å². The number of halogens is 2. The highest BCUT2D eigenvalue weighted by Gasteiger charge is 2.29. The van der Waals surface area contributed by atoms with Crippen molar-refractivity contribution < 1.29 is 27.1 Å². The molecule has 0 heterocycles. The third kappa shape index (κ3) is 5.60. The van der Waals surface area contributed by atoms with Gasteiger partial charge in [-0.05, 0) is 67.4 Å². The monoisotopic (exact) mass is 506 g/mol. The third-order valence-corrected chi connectivity index (χ3v) is 6.99. The summed E-state index contributed by atoms with van der Waals surface area (Å²) in [4.78, 5) is 12.8. The zero-order chi connectivity index (χ0) is 25.0. The smallest absolute Gasteiger partial charge is 0.264 e. The number of hydrogen-bond donors (Lipinski definition) is 1. The molecule has 0 saturated heterocycles. The SMILES string of the molecule is COc1ccc(S(=O)(=O)N(CC(=O)Nc2cc(C)cc(C)c2)c2ccc(F)c(Cl)c2)cc1OC. The Bertz CT molecular complexity index is 1310. The van der Waals surface area contributed by atoms with Crippen molar-refractivity contribution in [1.29, 1.82) is 0 Å². The summed E-state index contributed by atoms with van der Waals surface area (Å²) < 4.78 is 52.2. The molecule has 0 fully saturated rings. The van der Waals surface area contributed by atoms with Gasteiger partial charge in [0.1, 0.15) is 12.4 Å². The number of carbonyl (C=O) groups is 1. The van der Waals surface area contributed by atoms with Gasteiger partial charge in [0.25, 0.3) is 10.0 Å². The van der Waals surface area contributed by atoms with E-state index in [4.69, 9.17) is 21.1 Å².